The molecule has 1 N–H and O–H groups in total. The maximum Gasteiger partial charge on any atom is 0.232 e. The summed E-state index contributed by atoms with van der Waals surface area (Å²) in [4.78, 5) is 0. The first-order chi connectivity index (χ1) is 15.5. The van der Waals surface area contributed by atoms with Gasteiger partial charge in [-0.25, -0.2) is 17.2 Å². The van der Waals surface area contributed by atoms with Crippen LogP contribution in [0.25, 0.3) is 21.8 Å². The predicted molar refractivity (Wildman–Crippen MR) is 128 cm³/mol. The van der Waals surface area contributed by atoms with Crippen molar-refractivity contribution in [2.24, 2.45) is 0 Å². The van der Waals surface area contributed by atoms with E-state index in [2.05, 4.69) is 13.8 Å². The third-order valence-electron chi connectivity index (χ3n) is 5.81. The van der Waals surface area contributed by atoms with Crippen molar-refractivity contribution in [2.45, 2.75) is 32.4 Å². The molecule has 3 aromatic carbocycles. The summed E-state index contributed by atoms with van der Waals surface area (Å²) in [6.07, 6.45) is 0.0284. The number of aromatic nitrogens is 1. The van der Waals surface area contributed by atoms with E-state index in [0.717, 1.165) is 11.8 Å². The molecule has 1 aromatic heterocycles. The van der Waals surface area contributed by atoms with Gasteiger partial charge in [0.15, 0.2) is 0 Å². The van der Waals surface area contributed by atoms with Gasteiger partial charge in [0.2, 0.25) is 10.0 Å². The summed E-state index contributed by atoms with van der Waals surface area (Å²) in [7, 11) is -3.66. The number of nitrogens with zero attached hydrogens (tertiary/aromatic N) is 2. The number of aliphatic hydroxyl groups excluding tert-OH is 1. The van der Waals surface area contributed by atoms with E-state index in [9.17, 15) is 22.3 Å². The summed E-state index contributed by atoms with van der Waals surface area (Å²) >= 11 is 0. The van der Waals surface area contributed by atoms with Crippen LogP contribution in [-0.4, -0.2) is 37.0 Å². The number of halogens is 2. The molecule has 0 aliphatic carbocycles. The number of sulfonamides is 1. The first kappa shape index (κ1) is 23.2. The second-order valence-corrected chi connectivity index (χ2v) is 10.5. The predicted octanol–water partition coefficient (Wildman–Crippen LogP) is 5.02. The zero-order chi connectivity index (χ0) is 23.9. The molecule has 33 heavy (non-hydrogen) atoms. The lowest BCUT2D eigenvalue weighted by Gasteiger charge is -2.26. The van der Waals surface area contributed by atoms with Crippen LogP contribution in [0.15, 0.2) is 60.7 Å². The quantitative estimate of drug-likeness (QED) is 0.411. The molecule has 8 heteroatoms. The Kier molecular flexibility index (Phi) is 6.16. The molecule has 1 unspecified atom stereocenters. The largest absolute Gasteiger partial charge is 0.389 e. The molecule has 0 bridgehead atoms. The number of hydrogen-bond acceptors (Lipinski definition) is 3. The highest BCUT2D eigenvalue weighted by Crippen LogP contribution is 2.31. The number of hydrogen-bond donors (Lipinski definition) is 1. The average molecular weight is 473 g/mol. The molecule has 0 aliphatic rings. The monoisotopic (exact) mass is 472 g/mol. The highest BCUT2D eigenvalue weighted by molar-refractivity contribution is 7.92. The van der Waals surface area contributed by atoms with Gasteiger partial charge in [0.05, 0.1) is 31.1 Å². The summed E-state index contributed by atoms with van der Waals surface area (Å²) in [6.45, 7) is 3.99. The fourth-order valence-electron chi connectivity index (χ4n) is 4.16. The maximum atomic E-state index is 13.9. The molecular formula is C25H26F2N2O3S. The Balaban J connectivity index is 1.68. The molecule has 0 saturated heterocycles. The van der Waals surface area contributed by atoms with Crippen molar-refractivity contribution >= 4 is 37.5 Å². The minimum absolute atomic E-state index is 0.0490. The Bertz CT molecular complexity index is 1350. The van der Waals surface area contributed by atoms with Crippen molar-refractivity contribution in [3.05, 3.63) is 77.9 Å². The van der Waals surface area contributed by atoms with Crippen molar-refractivity contribution in [3.63, 3.8) is 0 Å². The number of anilines is 1. The van der Waals surface area contributed by atoms with Gasteiger partial charge in [-0.2, -0.15) is 0 Å². The molecule has 0 aliphatic heterocycles. The van der Waals surface area contributed by atoms with Crippen LogP contribution >= 0.6 is 0 Å². The van der Waals surface area contributed by atoms with E-state index in [1.165, 1.54) is 28.6 Å². The molecule has 4 aromatic rings. The zero-order valence-electron chi connectivity index (χ0n) is 18.7. The first-order valence-electron chi connectivity index (χ1n) is 10.7. The van der Waals surface area contributed by atoms with Gasteiger partial charge in [0, 0.05) is 21.8 Å². The maximum absolute atomic E-state index is 13.9. The fraction of sp³-hybridized carbons (Fsp3) is 0.280. The summed E-state index contributed by atoms with van der Waals surface area (Å²) in [6, 6.07) is 15.6. The molecule has 174 valence electrons. The molecule has 0 radical (unpaired) electrons. The normalized spacial score (nSPS) is 13.2. The van der Waals surface area contributed by atoms with Crippen LogP contribution in [0.3, 0.4) is 0 Å². The van der Waals surface area contributed by atoms with Gasteiger partial charge in [-0.15, -0.1) is 0 Å². The van der Waals surface area contributed by atoms with Gasteiger partial charge in [-0.05, 0) is 60.0 Å². The number of fused-ring (bicyclic) bond motifs is 3. The van der Waals surface area contributed by atoms with Gasteiger partial charge in [-0.1, -0.05) is 26.0 Å². The summed E-state index contributed by atoms with van der Waals surface area (Å²) in [5.41, 5.74) is 2.80. The smallest absolute Gasteiger partial charge is 0.232 e. The molecule has 4 rings (SSSR count). The summed E-state index contributed by atoms with van der Waals surface area (Å²) < 4.78 is 55.7. The van der Waals surface area contributed by atoms with Crippen molar-refractivity contribution in [3.8, 4) is 0 Å². The Morgan fingerprint density at radius 3 is 1.88 bits per heavy atom. The van der Waals surface area contributed by atoms with E-state index in [-0.39, 0.29) is 13.1 Å². The second kappa shape index (κ2) is 8.76. The van der Waals surface area contributed by atoms with Crippen molar-refractivity contribution in [1.29, 1.82) is 0 Å². The van der Waals surface area contributed by atoms with Crippen molar-refractivity contribution in [1.82, 2.24) is 4.57 Å². The fourth-order valence-corrected chi connectivity index (χ4v) is 5.11. The van der Waals surface area contributed by atoms with Crippen LogP contribution in [0.5, 0.6) is 0 Å². The molecule has 1 atom stereocenters. The van der Waals surface area contributed by atoms with Gasteiger partial charge < -0.3 is 9.67 Å². The van der Waals surface area contributed by atoms with Crippen molar-refractivity contribution in [2.75, 3.05) is 17.1 Å². The SMILES string of the molecule is CC(C)c1ccc(N(CC(O)Cn2c3ccc(F)cc3c3cc(F)ccc32)S(C)(=O)=O)cc1. The number of aliphatic hydroxyl groups is 1. The third-order valence-corrected chi connectivity index (χ3v) is 6.97. The lowest BCUT2D eigenvalue weighted by atomic mass is 10.0. The summed E-state index contributed by atoms with van der Waals surface area (Å²) in [5.74, 6) is -0.583. The highest BCUT2D eigenvalue weighted by Gasteiger charge is 2.23. The van der Waals surface area contributed by atoms with E-state index >= 15 is 0 Å². The molecule has 0 spiro atoms. The highest BCUT2D eigenvalue weighted by atomic mass is 32.2. The van der Waals surface area contributed by atoms with Gasteiger partial charge in [0.1, 0.15) is 11.6 Å². The van der Waals surface area contributed by atoms with Crippen LogP contribution in [0.2, 0.25) is 0 Å². The van der Waals surface area contributed by atoms with Crippen molar-refractivity contribution < 1.29 is 22.3 Å². The topological polar surface area (TPSA) is 62.5 Å². The van der Waals surface area contributed by atoms with E-state index in [1.807, 2.05) is 12.1 Å². The molecular weight excluding hydrogens is 446 g/mol. The van der Waals surface area contributed by atoms with Gasteiger partial charge in [-0.3, -0.25) is 4.31 Å². The third kappa shape index (κ3) is 4.72. The first-order valence-corrected chi connectivity index (χ1v) is 12.5. The van der Waals surface area contributed by atoms with Gasteiger partial charge >= 0.3 is 0 Å². The zero-order valence-corrected chi connectivity index (χ0v) is 19.5. The Morgan fingerprint density at radius 1 is 0.909 bits per heavy atom. The van der Waals surface area contributed by atoms with Crippen LogP contribution in [0.1, 0.15) is 25.3 Å². The molecule has 0 saturated carbocycles. The van der Waals surface area contributed by atoms with E-state index in [0.29, 0.717) is 33.4 Å². The minimum Gasteiger partial charge on any atom is -0.389 e. The number of benzene rings is 3. The molecule has 5 nitrogen and oxygen atoms in total. The Labute approximate surface area is 191 Å². The van der Waals surface area contributed by atoms with Crippen LogP contribution in [0, 0.1) is 11.6 Å². The molecule has 0 fully saturated rings. The summed E-state index contributed by atoms with van der Waals surface area (Å²) in [5, 5.41) is 12.0. The lowest BCUT2D eigenvalue weighted by Crippen LogP contribution is -2.38. The van der Waals surface area contributed by atoms with E-state index in [4.69, 9.17) is 0 Å². The van der Waals surface area contributed by atoms with Crippen LogP contribution in [-0.2, 0) is 16.6 Å². The van der Waals surface area contributed by atoms with Crippen LogP contribution in [0.4, 0.5) is 14.5 Å². The standard InChI is InChI=1S/C25H26F2N2O3S/c1-16(2)17-4-8-20(9-5-17)29(33(3,31)32)15-21(30)14-28-24-10-6-18(26)12-22(24)23-13-19(27)7-11-25(23)28/h4-13,16,21,30H,14-15H2,1-3H3. The Hall–Kier alpha value is -2.97. The van der Waals surface area contributed by atoms with Gasteiger partial charge in [0.25, 0.3) is 0 Å². The van der Waals surface area contributed by atoms with E-state index < -0.39 is 27.8 Å². The van der Waals surface area contributed by atoms with E-state index in [1.54, 1.807) is 28.8 Å². The second-order valence-electron chi connectivity index (χ2n) is 8.63. The lowest BCUT2D eigenvalue weighted by molar-refractivity contribution is 0.166. The number of rotatable bonds is 7. The van der Waals surface area contributed by atoms with Crippen LogP contribution < -0.4 is 4.31 Å². The minimum atomic E-state index is -3.66. The average Bonchev–Trinajstić information content (AvgIpc) is 3.03. The Morgan fingerprint density at radius 2 is 1.42 bits per heavy atom. The molecule has 1 heterocycles. The molecule has 0 amide bonds.